The van der Waals surface area contributed by atoms with Crippen LogP contribution in [0.5, 0.6) is 11.6 Å². The first-order chi connectivity index (χ1) is 8.56. The minimum atomic E-state index is -0.552. The van der Waals surface area contributed by atoms with Crippen LogP contribution in [0.2, 0.25) is 5.02 Å². The average molecular weight is 329 g/mol. The van der Waals surface area contributed by atoms with Gasteiger partial charge in [0.1, 0.15) is 5.75 Å². The van der Waals surface area contributed by atoms with E-state index in [1.807, 2.05) is 0 Å². The average Bonchev–Trinajstić information content (AvgIpc) is 2.33. The van der Waals surface area contributed by atoms with Gasteiger partial charge in [-0.05, 0) is 52.7 Å². The Labute approximate surface area is 119 Å². The molecule has 1 heterocycles. The quantitative estimate of drug-likeness (QED) is 0.911. The molecule has 0 bridgehead atoms. The number of aromatic nitrogens is 1. The molecule has 3 nitrogen and oxygen atoms in total. The van der Waals surface area contributed by atoms with E-state index in [9.17, 15) is 5.11 Å². The highest BCUT2D eigenvalue weighted by Gasteiger charge is 2.07. The van der Waals surface area contributed by atoms with Crippen molar-refractivity contribution in [3.63, 3.8) is 0 Å². The standard InChI is InChI=1S/C13H11BrClNO2/c1-8(17)9-4-5-16-13(6-9)18-12-3-2-10(15)7-11(12)14/h2-8,17H,1H3. The lowest BCUT2D eigenvalue weighted by molar-refractivity contribution is 0.198. The molecule has 2 aromatic rings. The highest BCUT2D eigenvalue weighted by atomic mass is 79.9. The van der Waals surface area contributed by atoms with E-state index in [0.717, 1.165) is 10.0 Å². The zero-order valence-electron chi connectivity index (χ0n) is 9.60. The molecule has 1 N–H and O–H groups in total. The highest BCUT2D eigenvalue weighted by molar-refractivity contribution is 9.10. The van der Waals surface area contributed by atoms with Gasteiger partial charge in [-0.2, -0.15) is 0 Å². The van der Waals surface area contributed by atoms with Crippen LogP contribution in [0.4, 0.5) is 0 Å². The number of hydrogen-bond acceptors (Lipinski definition) is 3. The second-order valence-corrected chi connectivity index (χ2v) is 5.07. The van der Waals surface area contributed by atoms with Crippen LogP contribution in [0.25, 0.3) is 0 Å². The van der Waals surface area contributed by atoms with Gasteiger partial charge in [0.15, 0.2) is 0 Å². The van der Waals surface area contributed by atoms with E-state index < -0.39 is 6.10 Å². The van der Waals surface area contributed by atoms with Crippen molar-refractivity contribution in [2.75, 3.05) is 0 Å². The van der Waals surface area contributed by atoms with Crippen LogP contribution in [0.15, 0.2) is 41.0 Å². The first kappa shape index (κ1) is 13.3. The van der Waals surface area contributed by atoms with Crippen molar-refractivity contribution in [1.82, 2.24) is 4.98 Å². The van der Waals surface area contributed by atoms with E-state index in [4.69, 9.17) is 16.3 Å². The van der Waals surface area contributed by atoms with Crippen LogP contribution >= 0.6 is 27.5 Å². The Morgan fingerprint density at radius 1 is 1.33 bits per heavy atom. The third kappa shape index (κ3) is 3.22. The molecule has 5 heteroatoms. The monoisotopic (exact) mass is 327 g/mol. The van der Waals surface area contributed by atoms with Gasteiger partial charge in [-0.1, -0.05) is 11.6 Å². The van der Waals surface area contributed by atoms with Crippen molar-refractivity contribution in [1.29, 1.82) is 0 Å². The molecule has 0 amide bonds. The number of aliphatic hydroxyl groups is 1. The van der Waals surface area contributed by atoms with Gasteiger partial charge in [0, 0.05) is 17.3 Å². The van der Waals surface area contributed by atoms with Crippen LogP contribution < -0.4 is 4.74 Å². The summed E-state index contributed by atoms with van der Waals surface area (Å²) in [6, 6.07) is 8.68. The number of aliphatic hydroxyl groups excluding tert-OH is 1. The van der Waals surface area contributed by atoms with Crippen LogP contribution in [0.3, 0.4) is 0 Å². The molecule has 0 saturated carbocycles. The number of pyridine rings is 1. The van der Waals surface area contributed by atoms with Gasteiger partial charge in [0.2, 0.25) is 5.88 Å². The number of halogens is 2. The van der Waals surface area contributed by atoms with Gasteiger partial charge in [-0.3, -0.25) is 0 Å². The second-order valence-electron chi connectivity index (χ2n) is 3.78. The molecule has 94 valence electrons. The van der Waals surface area contributed by atoms with E-state index in [-0.39, 0.29) is 0 Å². The van der Waals surface area contributed by atoms with Crippen LogP contribution in [-0.4, -0.2) is 10.1 Å². The maximum atomic E-state index is 9.50. The predicted molar refractivity (Wildman–Crippen MR) is 74.1 cm³/mol. The summed E-state index contributed by atoms with van der Waals surface area (Å²) in [7, 11) is 0. The largest absolute Gasteiger partial charge is 0.438 e. The molecule has 0 aliphatic heterocycles. The van der Waals surface area contributed by atoms with Crippen molar-refractivity contribution in [2.24, 2.45) is 0 Å². The second kappa shape index (κ2) is 5.69. The minimum absolute atomic E-state index is 0.427. The first-order valence-corrected chi connectivity index (χ1v) is 6.50. The summed E-state index contributed by atoms with van der Waals surface area (Å²) in [4.78, 5) is 4.09. The highest BCUT2D eigenvalue weighted by Crippen LogP contribution is 2.31. The van der Waals surface area contributed by atoms with Gasteiger partial charge >= 0.3 is 0 Å². The van der Waals surface area contributed by atoms with Gasteiger partial charge in [0.05, 0.1) is 10.6 Å². The van der Waals surface area contributed by atoms with E-state index in [2.05, 4.69) is 20.9 Å². The lowest BCUT2D eigenvalue weighted by Crippen LogP contribution is -1.94. The Morgan fingerprint density at radius 3 is 2.78 bits per heavy atom. The third-order valence-corrected chi connectivity index (χ3v) is 3.20. The summed E-state index contributed by atoms with van der Waals surface area (Å²) in [5, 5.41) is 10.1. The third-order valence-electron chi connectivity index (χ3n) is 2.35. The zero-order valence-corrected chi connectivity index (χ0v) is 11.9. The van der Waals surface area contributed by atoms with Gasteiger partial charge in [-0.15, -0.1) is 0 Å². The molecule has 1 aromatic carbocycles. The summed E-state index contributed by atoms with van der Waals surface area (Å²) in [5.41, 5.74) is 0.755. The summed E-state index contributed by atoms with van der Waals surface area (Å²) >= 11 is 9.22. The SMILES string of the molecule is CC(O)c1ccnc(Oc2ccc(Cl)cc2Br)c1. The molecule has 18 heavy (non-hydrogen) atoms. The summed E-state index contributed by atoms with van der Waals surface area (Å²) < 4.78 is 6.38. The van der Waals surface area contributed by atoms with Crippen molar-refractivity contribution >= 4 is 27.5 Å². The number of nitrogens with zero attached hydrogens (tertiary/aromatic N) is 1. The van der Waals surface area contributed by atoms with E-state index in [0.29, 0.717) is 16.7 Å². The van der Waals surface area contributed by atoms with Crippen molar-refractivity contribution < 1.29 is 9.84 Å². The molecule has 1 unspecified atom stereocenters. The predicted octanol–water partition coefficient (Wildman–Crippen LogP) is 4.34. The fraction of sp³-hybridized carbons (Fsp3) is 0.154. The maximum Gasteiger partial charge on any atom is 0.219 e. The molecule has 0 radical (unpaired) electrons. The fourth-order valence-corrected chi connectivity index (χ4v) is 2.17. The zero-order chi connectivity index (χ0) is 13.1. The number of rotatable bonds is 3. The van der Waals surface area contributed by atoms with E-state index in [1.54, 1.807) is 43.5 Å². The molecular weight excluding hydrogens is 318 g/mol. The molecule has 2 rings (SSSR count). The molecule has 0 aliphatic rings. The van der Waals surface area contributed by atoms with Crippen LogP contribution in [0, 0.1) is 0 Å². The summed E-state index contributed by atoms with van der Waals surface area (Å²) in [6.45, 7) is 1.69. The number of hydrogen-bond donors (Lipinski definition) is 1. The molecule has 0 saturated heterocycles. The summed E-state index contributed by atoms with van der Waals surface area (Å²) in [6.07, 6.45) is 1.05. The first-order valence-electron chi connectivity index (χ1n) is 5.33. The number of benzene rings is 1. The van der Waals surface area contributed by atoms with Crippen molar-refractivity contribution in [2.45, 2.75) is 13.0 Å². The maximum absolute atomic E-state index is 9.50. The van der Waals surface area contributed by atoms with Crippen LogP contribution in [-0.2, 0) is 0 Å². The smallest absolute Gasteiger partial charge is 0.219 e. The number of ether oxygens (including phenoxy) is 1. The van der Waals surface area contributed by atoms with Gasteiger partial charge < -0.3 is 9.84 Å². The minimum Gasteiger partial charge on any atom is -0.438 e. The Hall–Kier alpha value is -1.10. The molecule has 0 aliphatic carbocycles. The van der Waals surface area contributed by atoms with Gasteiger partial charge in [-0.25, -0.2) is 4.98 Å². The normalized spacial score (nSPS) is 12.2. The molecule has 0 fully saturated rings. The van der Waals surface area contributed by atoms with Crippen molar-refractivity contribution in [3.8, 4) is 11.6 Å². The topological polar surface area (TPSA) is 42.4 Å². The van der Waals surface area contributed by atoms with Gasteiger partial charge in [0.25, 0.3) is 0 Å². The Kier molecular flexibility index (Phi) is 4.22. The molecule has 1 atom stereocenters. The summed E-state index contributed by atoms with van der Waals surface area (Å²) in [5.74, 6) is 1.05. The fourth-order valence-electron chi connectivity index (χ4n) is 1.41. The Morgan fingerprint density at radius 2 is 2.11 bits per heavy atom. The van der Waals surface area contributed by atoms with Crippen LogP contribution in [0.1, 0.15) is 18.6 Å². The lowest BCUT2D eigenvalue weighted by atomic mass is 10.2. The molecular formula is C13H11BrClNO2. The Bertz CT molecular complexity index is 560. The molecule has 1 aromatic heterocycles. The van der Waals surface area contributed by atoms with Crippen molar-refractivity contribution in [3.05, 3.63) is 51.6 Å². The van der Waals surface area contributed by atoms with E-state index >= 15 is 0 Å². The lowest BCUT2D eigenvalue weighted by Gasteiger charge is -2.09. The Balaban J connectivity index is 2.25. The molecule has 0 spiro atoms. The van der Waals surface area contributed by atoms with E-state index in [1.165, 1.54) is 0 Å².